The fourth-order valence-electron chi connectivity index (χ4n) is 14.3. The van der Waals surface area contributed by atoms with E-state index in [1.165, 1.54) is 50.7 Å². The zero-order chi connectivity index (χ0) is 35.9. The van der Waals surface area contributed by atoms with E-state index >= 15 is 0 Å². The molecule has 282 valence electrons. The number of allylic oxidation sites excluding steroid dienone is 2. The fraction of sp³-hybridized carbons (Fsp3) is 0.881. The highest BCUT2D eigenvalue weighted by Gasteiger charge is 2.79. The van der Waals surface area contributed by atoms with Crippen molar-refractivity contribution >= 4 is 5.95 Å². The van der Waals surface area contributed by atoms with Crippen molar-refractivity contribution < 1.29 is 14.2 Å². The third-order valence-electron chi connectivity index (χ3n) is 17.9. The van der Waals surface area contributed by atoms with Crippen LogP contribution in [-0.2, 0) is 14.2 Å². The number of hydrogen-bond acceptors (Lipinski definition) is 8. The van der Waals surface area contributed by atoms with E-state index in [4.69, 9.17) is 25.0 Å². The zero-order valence-electron chi connectivity index (χ0n) is 33.1. The van der Waals surface area contributed by atoms with Gasteiger partial charge in [-0.1, -0.05) is 71.6 Å². The monoisotopic (exact) mass is 703 g/mol. The molecule has 6 fully saturated rings. The number of nitrogens with zero attached hydrogens (tertiary/aromatic N) is 5. The Morgan fingerprint density at radius 2 is 1.84 bits per heavy atom. The van der Waals surface area contributed by atoms with Crippen LogP contribution in [0.3, 0.4) is 0 Å². The van der Waals surface area contributed by atoms with Gasteiger partial charge in [-0.2, -0.15) is 4.80 Å². The Morgan fingerprint density at radius 3 is 2.51 bits per heavy atom. The van der Waals surface area contributed by atoms with Crippen molar-refractivity contribution in [1.82, 2.24) is 25.1 Å². The molecule has 1 aromatic rings. The molecule has 5 aliphatic carbocycles. The Labute approximate surface area is 306 Å². The summed E-state index contributed by atoms with van der Waals surface area (Å²) in [5, 5.41) is 13.6. The Bertz CT molecular complexity index is 1620. The lowest BCUT2D eigenvalue weighted by molar-refractivity contribution is -0.310. The molecule has 4 heterocycles. The molecule has 0 radical (unpaired) electrons. The SMILES string of the molecule is CC(C)C(C)C12CCC3(C)C4CCC5C6(C)COC(C)C5(CC(n5nnc(N)n5)C6OCC(C)(C(C)C)N5CCCCC5)C4=CCC34C=C(O1)C24. The molecular weight excluding hydrogens is 637 g/mol. The Hall–Kier alpha value is -1.97. The molecule has 2 N–H and O–H groups in total. The van der Waals surface area contributed by atoms with Gasteiger partial charge in [0.25, 0.3) is 5.95 Å². The first-order chi connectivity index (χ1) is 24.2. The summed E-state index contributed by atoms with van der Waals surface area (Å²) in [6.07, 6.45) is 16.0. The summed E-state index contributed by atoms with van der Waals surface area (Å²) in [6.45, 7) is 25.6. The molecule has 13 atom stereocenters. The van der Waals surface area contributed by atoms with Gasteiger partial charge in [-0.15, -0.1) is 5.10 Å². The summed E-state index contributed by atoms with van der Waals surface area (Å²) in [4.78, 5) is 4.55. The predicted octanol–water partition coefficient (Wildman–Crippen LogP) is 7.61. The summed E-state index contributed by atoms with van der Waals surface area (Å²) in [5.74, 6) is 4.71. The minimum absolute atomic E-state index is 0.0102. The van der Waals surface area contributed by atoms with Crippen molar-refractivity contribution in [3.05, 3.63) is 23.5 Å². The molecule has 3 aliphatic heterocycles. The lowest BCUT2D eigenvalue weighted by Crippen LogP contribution is -2.76. The Balaban J connectivity index is 1.10. The van der Waals surface area contributed by atoms with Crippen LogP contribution in [0.2, 0.25) is 0 Å². The average molecular weight is 703 g/mol. The van der Waals surface area contributed by atoms with E-state index in [1.807, 2.05) is 4.80 Å². The number of hydrogen-bond donors (Lipinski definition) is 1. The Morgan fingerprint density at radius 1 is 1.08 bits per heavy atom. The number of tetrazole rings is 1. The Kier molecular flexibility index (Phi) is 7.69. The normalized spacial score (nSPS) is 47.3. The van der Waals surface area contributed by atoms with Gasteiger partial charge in [-0.25, -0.2) is 0 Å². The number of nitrogen functional groups attached to an aromatic ring is 1. The van der Waals surface area contributed by atoms with E-state index in [1.54, 1.807) is 5.57 Å². The van der Waals surface area contributed by atoms with E-state index in [9.17, 15) is 0 Å². The van der Waals surface area contributed by atoms with E-state index in [-0.39, 0.29) is 57.0 Å². The van der Waals surface area contributed by atoms with Crippen LogP contribution in [0.4, 0.5) is 5.95 Å². The first-order valence-electron chi connectivity index (χ1n) is 20.8. The molecule has 51 heavy (non-hydrogen) atoms. The van der Waals surface area contributed by atoms with Crippen LogP contribution in [0.1, 0.15) is 126 Å². The quantitative estimate of drug-likeness (QED) is 0.277. The minimum atomic E-state index is -0.209. The highest BCUT2D eigenvalue weighted by molar-refractivity contribution is 5.47. The van der Waals surface area contributed by atoms with Crippen molar-refractivity contribution in [3.8, 4) is 0 Å². The molecular formula is C42H66N6O3. The van der Waals surface area contributed by atoms with Crippen molar-refractivity contribution in [1.29, 1.82) is 0 Å². The van der Waals surface area contributed by atoms with Crippen LogP contribution < -0.4 is 5.73 Å². The first kappa shape index (κ1) is 34.8. The first-order valence-corrected chi connectivity index (χ1v) is 20.8. The van der Waals surface area contributed by atoms with Crippen molar-refractivity contribution in [2.24, 2.45) is 57.2 Å². The van der Waals surface area contributed by atoms with Gasteiger partial charge >= 0.3 is 0 Å². The van der Waals surface area contributed by atoms with E-state index in [0.717, 1.165) is 25.9 Å². The highest BCUT2D eigenvalue weighted by atomic mass is 16.5. The molecule has 8 aliphatic rings. The number of aromatic nitrogens is 4. The molecule has 9 heteroatoms. The molecule has 1 spiro atoms. The van der Waals surface area contributed by atoms with Gasteiger partial charge in [-0.3, -0.25) is 4.90 Å². The topological polar surface area (TPSA) is 101 Å². The largest absolute Gasteiger partial charge is 0.490 e. The second-order valence-corrected chi connectivity index (χ2v) is 20.1. The predicted molar refractivity (Wildman–Crippen MR) is 198 cm³/mol. The molecule has 9 nitrogen and oxygen atoms in total. The molecule has 3 saturated heterocycles. The third-order valence-corrected chi connectivity index (χ3v) is 17.9. The van der Waals surface area contributed by atoms with Crippen molar-refractivity contribution in [2.75, 3.05) is 32.0 Å². The maximum absolute atomic E-state index is 7.43. The number of piperidine rings is 1. The van der Waals surface area contributed by atoms with E-state index in [2.05, 4.69) is 89.7 Å². The summed E-state index contributed by atoms with van der Waals surface area (Å²) in [5.41, 5.74) is 7.91. The zero-order valence-corrected chi connectivity index (χ0v) is 33.1. The second kappa shape index (κ2) is 11.3. The summed E-state index contributed by atoms with van der Waals surface area (Å²) < 4.78 is 21.2. The van der Waals surface area contributed by atoms with Gasteiger partial charge in [0.2, 0.25) is 0 Å². The fourth-order valence-corrected chi connectivity index (χ4v) is 14.3. The number of anilines is 1. The number of nitrogens with two attached hydrogens (primary N) is 1. The number of ether oxygens (including phenoxy) is 3. The molecule has 2 bridgehead atoms. The molecule has 3 saturated carbocycles. The summed E-state index contributed by atoms with van der Waals surface area (Å²) in [7, 11) is 0. The van der Waals surface area contributed by atoms with Crippen LogP contribution in [0.5, 0.6) is 0 Å². The molecule has 0 amide bonds. The molecule has 13 unspecified atom stereocenters. The maximum atomic E-state index is 7.43. The lowest BCUT2D eigenvalue weighted by atomic mass is 9.31. The van der Waals surface area contributed by atoms with Crippen LogP contribution in [0.15, 0.2) is 23.5 Å². The van der Waals surface area contributed by atoms with Gasteiger partial charge in [-0.05, 0) is 125 Å². The highest BCUT2D eigenvalue weighted by Crippen LogP contribution is 2.81. The van der Waals surface area contributed by atoms with Crippen molar-refractivity contribution in [2.45, 2.75) is 149 Å². The average Bonchev–Trinajstić information content (AvgIpc) is 3.53. The van der Waals surface area contributed by atoms with Crippen LogP contribution >= 0.6 is 0 Å². The lowest BCUT2D eigenvalue weighted by Gasteiger charge is -2.78. The van der Waals surface area contributed by atoms with Gasteiger partial charge in [0.05, 0.1) is 31.3 Å². The molecule has 1 aromatic heterocycles. The van der Waals surface area contributed by atoms with Crippen molar-refractivity contribution in [3.63, 3.8) is 0 Å². The van der Waals surface area contributed by atoms with Crippen LogP contribution in [-0.4, -0.2) is 74.8 Å². The number of fused-ring (bicyclic) bond motifs is 2. The maximum Gasteiger partial charge on any atom is 0.260 e. The van der Waals surface area contributed by atoms with E-state index < -0.39 is 0 Å². The molecule has 0 aromatic carbocycles. The van der Waals surface area contributed by atoms with Gasteiger partial charge in [0.1, 0.15) is 17.4 Å². The second-order valence-electron chi connectivity index (χ2n) is 20.1. The van der Waals surface area contributed by atoms with Crippen LogP contribution in [0.25, 0.3) is 0 Å². The van der Waals surface area contributed by atoms with Crippen LogP contribution in [0, 0.1) is 57.2 Å². The van der Waals surface area contributed by atoms with E-state index in [0.29, 0.717) is 48.7 Å². The smallest absolute Gasteiger partial charge is 0.260 e. The third kappa shape index (κ3) is 4.23. The van der Waals surface area contributed by atoms with Gasteiger partial charge in [0, 0.05) is 21.8 Å². The van der Waals surface area contributed by atoms with Gasteiger partial charge in [0.15, 0.2) is 0 Å². The standard InChI is InChI=1S/C42H66N6O3/c1-25(2)27(5)42-18-17-38(8)29-13-14-33-37(7)23-49-28(6)41(33,30(29)15-16-40(38)22-32(51-42)34(40)42)21-31(48-45-36(43)44-46-48)35(37)50-24-39(9,26(3)4)47-19-11-10-12-20-47/h15,22,25-29,31,33-35H,10-14,16-21,23-24H2,1-9H3,(H2,43,45). The minimum Gasteiger partial charge on any atom is -0.490 e. The molecule has 9 rings (SSSR count). The summed E-state index contributed by atoms with van der Waals surface area (Å²) >= 11 is 0. The number of rotatable bonds is 8. The van der Waals surface area contributed by atoms with Gasteiger partial charge < -0.3 is 19.9 Å². The number of likely N-dealkylation sites (tertiary alicyclic amines) is 1. The summed E-state index contributed by atoms with van der Waals surface area (Å²) in [6, 6.07) is -0.0790.